The number of carbonyl (C=O) groups excluding carboxylic acids is 1. The Morgan fingerprint density at radius 3 is 2.35 bits per heavy atom. The average Bonchev–Trinajstić information content (AvgIpc) is 3.10. The van der Waals surface area contributed by atoms with E-state index < -0.39 is 0 Å². The zero-order valence-corrected chi connectivity index (χ0v) is 28.1. The minimum atomic E-state index is -0.0187. The fraction of sp³-hybridized carbons (Fsp3) is 0.306. The van der Waals surface area contributed by atoms with Gasteiger partial charge in [0.25, 0.3) is 5.91 Å². The summed E-state index contributed by atoms with van der Waals surface area (Å²) in [6, 6.07) is 25.8. The van der Waals surface area contributed by atoms with Crippen LogP contribution in [0.4, 0.5) is 5.82 Å². The smallest absolute Gasteiger partial charge is 0.253 e. The predicted octanol–water partition coefficient (Wildman–Crippen LogP) is 6.59. The first-order valence-corrected chi connectivity index (χ1v) is 16.7. The number of halogens is 1. The van der Waals surface area contributed by atoms with Crippen molar-refractivity contribution < 1.29 is 14.3 Å². The molecule has 3 aromatic carbocycles. The van der Waals surface area contributed by atoms with Gasteiger partial charge in [0.2, 0.25) is 0 Å². The first-order valence-electron chi connectivity index (χ1n) is 15.3. The highest BCUT2D eigenvalue weighted by atomic mass is 35.5. The van der Waals surface area contributed by atoms with E-state index in [2.05, 4.69) is 51.2 Å². The van der Waals surface area contributed by atoms with Crippen LogP contribution in [-0.2, 0) is 12.2 Å². The second kappa shape index (κ2) is 16.5. The Morgan fingerprint density at radius 1 is 0.913 bits per heavy atom. The van der Waals surface area contributed by atoms with E-state index in [0.29, 0.717) is 46.1 Å². The summed E-state index contributed by atoms with van der Waals surface area (Å²) in [5.74, 6) is 2.89. The van der Waals surface area contributed by atoms with Crippen LogP contribution < -0.4 is 14.4 Å². The van der Waals surface area contributed by atoms with Gasteiger partial charge >= 0.3 is 0 Å². The maximum Gasteiger partial charge on any atom is 0.253 e. The molecule has 1 aliphatic rings. The summed E-state index contributed by atoms with van der Waals surface area (Å²) in [7, 11) is 5.06. The number of hydrogen-bond acceptors (Lipinski definition) is 8. The molecule has 0 N–H and O–H groups in total. The Hall–Kier alpha value is -4.05. The Bertz CT molecular complexity index is 1610. The molecular weight excluding hydrogens is 618 g/mol. The van der Waals surface area contributed by atoms with Gasteiger partial charge in [-0.2, -0.15) is 0 Å². The van der Waals surface area contributed by atoms with Crippen LogP contribution in [0, 0.1) is 0 Å². The molecule has 5 rings (SSSR count). The summed E-state index contributed by atoms with van der Waals surface area (Å²) in [4.78, 5) is 28.8. The summed E-state index contributed by atoms with van der Waals surface area (Å²) < 4.78 is 10.7. The molecule has 0 atom stereocenters. The zero-order chi connectivity index (χ0) is 32.3. The SMILES string of the molecule is COc1ccc(CCN(C)C(=O)c2ccc(CSc3nc(Cl)cc(N4CCN(CC=Cc5ccccc5)CC4)n3)cc2)cc1OC. The summed E-state index contributed by atoms with van der Waals surface area (Å²) >= 11 is 7.96. The third-order valence-corrected chi connectivity index (χ3v) is 9.04. The van der Waals surface area contributed by atoms with Crippen LogP contribution in [-0.4, -0.2) is 86.2 Å². The third-order valence-electron chi connectivity index (χ3n) is 7.93. The standard InChI is InChI=1S/C36H40ClN5O3S/c1-40(19-17-28-13-16-31(44-2)32(24-28)45-3)35(43)30-14-11-29(12-15-30)26-46-36-38-33(37)25-34(39-36)42-22-20-41(21-23-42)18-7-10-27-8-5-4-6-9-27/h4-16,24-25H,17-23,26H2,1-3H3. The summed E-state index contributed by atoms with van der Waals surface area (Å²) in [5.41, 5.74) is 4.03. The number of thioether (sulfide) groups is 1. The highest BCUT2D eigenvalue weighted by Crippen LogP contribution is 2.28. The van der Waals surface area contributed by atoms with E-state index in [4.69, 9.17) is 26.1 Å². The molecular formula is C36H40ClN5O3S. The number of rotatable bonds is 13. The van der Waals surface area contributed by atoms with Crippen LogP contribution in [0.3, 0.4) is 0 Å². The number of nitrogens with zero attached hydrogens (tertiary/aromatic N) is 5. The van der Waals surface area contributed by atoms with E-state index in [1.165, 1.54) is 17.3 Å². The number of piperazine rings is 1. The number of anilines is 1. The second-order valence-corrected chi connectivity index (χ2v) is 12.4. The number of amides is 1. The lowest BCUT2D eigenvalue weighted by atomic mass is 10.1. The van der Waals surface area contributed by atoms with Crippen molar-refractivity contribution in [2.45, 2.75) is 17.3 Å². The van der Waals surface area contributed by atoms with Gasteiger partial charge in [-0.05, 0) is 47.4 Å². The minimum absolute atomic E-state index is 0.0187. The molecule has 0 spiro atoms. The summed E-state index contributed by atoms with van der Waals surface area (Å²) in [6.07, 6.45) is 5.11. The van der Waals surface area contributed by atoms with Crippen molar-refractivity contribution in [3.8, 4) is 11.5 Å². The van der Waals surface area contributed by atoms with Crippen molar-refractivity contribution in [1.82, 2.24) is 19.8 Å². The largest absolute Gasteiger partial charge is 0.493 e. The number of likely N-dealkylation sites (N-methyl/N-ethyl adjacent to an activating group) is 1. The van der Waals surface area contributed by atoms with Crippen LogP contribution in [0.2, 0.25) is 5.15 Å². The van der Waals surface area contributed by atoms with E-state index in [9.17, 15) is 4.79 Å². The molecule has 0 bridgehead atoms. The first-order chi connectivity index (χ1) is 22.4. The lowest BCUT2D eigenvalue weighted by molar-refractivity contribution is 0.0796. The molecule has 0 radical (unpaired) electrons. The predicted molar refractivity (Wildman–Crippen MR) is 187 cm³/mol. The fourth-order valence-corrected chi connectivity index (χ4v) is 6.26. The van der Waals surface area contributed by atoms with Crippen LogP contribution in [0.25, 0.3) is 6.08 Å². The normalized spacial score (nSPS) is 13.6. The molecule has 4 aromatic rings. The molecule has 1 saturated heterocycles. The Balaban J connectivity index is 1.09. The van der Waals surface area contributed by atoms with Crippen molar-refractivity contribution in [3.63, 3.8) is 0 Å². The topological polar surface area (TPSA) is 71.0 Å². The van der Waals surface area contributed by atoms with Gasteiger partial charge in [0.05, 0.1) is 14.2 Å². The zero-order valence-electron chi connectivity index (χ0n) is 26.6. The molecule has 46 heavy (non-hydrogen) atoms. The van der Waals surface area contributed by atoms with Gasteiger partial charge in [0.1, 0.15) is 11.0 Å². The third kappa shape index (κ3) is 9.25. The molecule has 2 heterocycles. The van der Waals surface area contributed by atoms with Gasteiger partial charge in [-0.3, -0.25) is 9.69 Å². The van der Waals surface area contributed by atoms with E-state index in [0.717, 1.165) is 49.7 Å². The minimum Gasteiger partial charge on any atom is -0.493 e. The van der Waals surface area contributed by atoms with Gasteiger partial charge in [0.15, 0.2) is 16.7 Å². The second-order valence-electron chi connectivity index (χ2n) is 11.1. The number of carbonyl (C=O) groups is 1. The van der Waals surface area contributed by atoms with Gasteiger partial charge < -0.3 is 19.3 Å². The molecule has 10 heteroatoms. The van der Waals surface area contributed by atoms with Gasteiger partial charge in [-0.15, -0.1) is 0 Å². The number of aromatic nitrogens is 2. The van der Waals surface area contributed by atoms with Gasteiger partial charge in [-0.25, -0.2) is 9.97 Å². The van der Waals surface area contributed by atoms with E-state index >= 15 is 0 Å². The Morgan fingerprint density at radius 2 is 1.63 bits per heavy atom. The van der Waals surface area contributed by atoms with Crippen molar-refractivity contribution in [1.29, 1.82) is 0 Å². The molecule has 8 nitrogen and oxygen atoms in total. The van der Waals surface area contributed by atoms with Crippen LogP contribution >= 0.6 is 23.4 Å². The molecule has 0 aliphatic carbocycles. The van der Waals surface area contributed by atoms with Crippen LogP contribution in [0.15, 0.2) is 90.1 Å². The van der Waals surface area contributed by atoms with Crippen LogP contribution in [0.5, 0.6) is 11.5 Å². The molecule has 1 fully saturated rings. The number of hydrogen-bond donors (Lipinski definition) is 0. The van der Waals surface area contributed by atoms with Crippen molar-refractivity contribution in [2.75, 3.05) is 65.4 Å². The van der Waals surface area contributed by atoms with Crippen LogP contribution in [0.1, 0.15) is 27.0 Å². The molecule has 1 aliphatic heterocycles. The average molecular weight is 658 g/mol. The van der Waals surface area contributed by atoms with Gasteiger partial charge in [-0.1, -0.05) is 84.0 Å². The monoisotopic (exact) mass is 657 g/mol. The van der Waals surface area contributed by atoms with E-state index in [1.807, 2.05) is 61.6 Å². The van der Waals surface area contributed by atoms with Crippen molar-refractivity contribution >= 4 is 41.2 Å². The Labute approximate surface area is 281 Å². The highest BCUT2D eigenvalue weighted by Gasteiger charge is 2.19. The fourth-order valence-electron chi connectivity index (χ4n) is 5.22. The molecule has 1 aromatic heterocycles. The maximum atomic E-state index is 13.1. The van der Waals surface area contributed by atoms with Crippen molar-refractivity contribution in [3.05, 3.63) is 112 Å². The molecule has 0 unspecified atom stereocenters. The number of ether oxygens (including phenoxy) is 2. The quantitative estimate of drug-likeness (QED) is 0.0906. The summed E-state index contributed by atoms with van der Waals surface area (Å²) in [5, 5.41) is 1.09. The number of methoxy groups -OCH3 is 2. The van der Waals surface area contributed by atoms with E-state index in [-0.39, 0.29) is 5.91 Å². The number of benzene rings is 3. The van der Waals surface area contributed by atoms with Crippen molar-refractivity contribution in [2.24, 2.45) is 0 Å². The van der Waals surface area contributed by atoms with E-state index in [1.54, 1.807) is 19.1 Å². The summed E-state index contributed by atoms with van der Waals surface area (Å²) in [6.45, 7) is 5.19. The molecule has 1 amide bonds. The molecule has 240 valence electrons. The lowest BCUT2D eigenvalue weighted by Crippen LogP contribution is -2.46. The Kier molecular flexibility index (Phi) is 11.9. The highest BCUT2D eigenvalue weighted by molar-refractivity contribution is 7.98. The maximum absolute atomic E-state index is 13.1. The lowest BCUT2D eigenvalue weighted by Gasteiger charge is -2.35. The molecule has 0 saturated carbocycles. The first kappa shape index (κ1) is 33.3. The van der Waals surface area contributed by atoms with Gasteiger partial charge in [0, 0.05) is 63.7 Å².